The molecule has 0 amide bonds. The summed E-state index contributed by atoms with van der Waals surface area (Å²) in [6, 6.07) is 4.04. The van der Waals surface area contributed by atoms with Crippen LogP contribution >= 0.6 is 0 Å². The summed E-state index contributed by atoms with van der Waals surface area (Å²) >= 11 is 0. The molecule has 1 aromatic rings. The Morgan fingerprint density at radius 3 is 3.00 bits per heavy atom. The number of hydrogen-bond donors (Lipinski definition) is 1. The van der Waals surface area contributed by atoms with Crippen LogP contribution in [0.1, 0.15) is 0 Å². The Labute approximate surface area is 57.8 Å². The minimum atomic E-state index is -0.639. The second-order valence-corrected chi connectivity index (χ2v) is 1.52. The lowest BCUT2D eigenvalue weighted by atomic mass is 10.4. The zero-order chi connectivity index (χ0) is 7.40. The third kappa shape index (κ3) is 1.70. The first kappa shape index (κ1) is 7.02. The molecule has 1 heterocycles. The topological polar surface area (TPSA) is 42.4 Å². The van der Waals surface area contributed by atoms with Crippen molar-refractivity contribution in [2.45, 2.75) is 0 Å². The summed E-state index contributed by atoms with van der Waals surface area (Å²) in [7, 11) is 0.446. The molecule has 0 spiro atoms. The van der Waals surface area contributed by atoms with Gasteiger partial charge in [-0.3, -0.25) is 0 Å². The van der Waals surface area contributed by atoms with E-state index in [9.17, 15) is 4.39 Å². The van der Waals surface area contributed by atoms with Crippen molar-refractivity contribution in [2.75, 3.05) is 0 Å². The van der Waals surface area contributed by atoms with Crippen LogP contribution in [0.3, 0.4) is 0 Å². The number of aromatic nitrogens is 1. The highest BCUT2D eigenvalue weighted by atomic mass is 19.1. The predicted octanol–water partition coefficient (Wildman–Crippen LogP) is 0.126. The molecule has 0 aliphatic carbocycles. The van der Waals surface area contributed by atoms with Gasteiger partial charge in [0.25, 0.3) is 0 Å². The van der Waals surface area contributed by atoms with Crippen LogP contribution in [-0.4, -0.2) is 17.7 Å². The molecule has 1 N–H and O–H groups in total. The van der Waals surface area contributed by atoms with E-state index in [-0.39, 0.29) is 5.88 Å². The molecule has 0 unspecified atom stereocenters. The fourth-order valence-corrected chi connectivity index (χ4v) is 0.509. The Hall–Kier alpha value is -1.10. The van der Waals surface area contributed by atoms with Crippen molar-refractivity contribution >= 4 is 7.69 Å². The summed E-state index contributed by atoms with van der Waals surface area (Å²) in [5.74, 6) is -0.609. The molecule has 5 heteroatoms. The van der Waals surface area contributed by atoms with Gasteiger partial charge in [-0.15, -0.1) is 0 Å². The second-order valence-electron chi connectivity index (χ2n) is 1.52. The van der Waals surface area contributed by atoms with E-state index in [1.165, 1.54) is 18.2 Å². The Balaban J connectivity index is 2.75. The zero-order valence-corrected chi connectivity index (χ0v) is 4.99. The molecule has 0 aromatic carbocycles. The van der Waals surface area contributed by atoms with E-state index in [0.717, 1.165) is 0 Å². The number of halogens is 1. The van der Waals surface area contributed by atoms with Crippen molar-refractivity contribution in [2.24, 2.45) is 0 Å². The predicted molar refractivity (Wildman–Crippen MR) is 32.8 cm³/mol. The molecule has 3 nitrogen and oxygen atoms in total. The van der Waals surface area contributed by atoms with Crippen LogP contribution < -0.4 is 4.65 Å². The standard InChI is InChI=1S/C5H4BFNO2/c7-4-2-1-3-5(8-4)10-6-9/h1-3,9H. The highest BCUT2D eigenvalue weighted by Crippen LogP contribution is 2.04. The fraction of sp³-hybridized carbons (Fsp3) is 0. The average molecular weight is 140 g/mol. The normalized spacial score (nSPS) is 9.00. The van der Waals surface area contributed by atoms with Crippen LogP contribution in [0.15, 0.2) is 18.2 Å². The van der Waals surface area contributed by atoms with Crippen LogP contribution in [0.4, 0.5) is 4.39 Å². The Bertz CT molecular complexity index is 221. The Morgan fingerprint density at radius 1 is 1.60 bits per heavy atom. The third-order valence-electron chi connectivity index (χ3n) is 0.863. The monoisotopic (exact) mass is 140 g/mol. The third-order valence-corrected chi connectivity index (χ3v) is 0.863. The number of hydrogen-bond acceptors (Lipinski definition) is 3. The van der Waals surface area contributed by atoms with E-state index in [1.54, 1.807) is 0 Å². The minimum absolute atomic E-state index is 0.0301. The first-order valence-corrected chi connectivity index (χ1v) is 2.58. The van der Waals surface area contributed by atoms with Crippen molar-refractivity contribution in [3.05, 3.63) is 24.1 Å². The van der Waals surface area contributed by atoms with Crippen LogP contribution in [0.5, 0.6) is 5.88 Å². The molecule has 0 fully saturated rings. The molecule has 51 valence electrons. The van der Waals surface area contributed by atoms with Gasteiger partial charge in [-0.1, -0.05) is 6.07 Å². The summed E-state index contributed by atoms with van der Waals surface area (Å²) in [4.78, 5) is 3.28. The van der Waals surface area contributed by atoms with E-state index in [0.29, 0.717) is 7.69 Å². The summed E-state index contributed by atoms with van der Waals surface area (Å²) in [6.07, 6.45) is 0. The largest absolute Gasteiger partial charge is 0.570 e. The van der Waals surface area contributed by atoms with Crippen molar-refractivity contribution in [1.29, 1.82) is 0 Å². The van der Waals surface area contributed by atoms with Crippen molar-refractivity contribution in [3.63, 3.8) is 0 Å². The van der Waals surface area contributed by atoms with Crippen molar-refractivity contribution in [3.8, 4) is 5.88 Å². The van der Waals surface area contributed by atoms with Crippen molar-refractivity contribution < 1.29 is 14.1 Å². The van der Waals surface area contributed by atoms with Gasteiger partial charge < -0.3 is 9.68 Å². The van der Waals surface area contributed by atoms with Gasteiger partial charge in [0.2, 0.25) is 5.95 Å². The molecule has 10 heavy (non-hydrogen) atoms. The van der Waals surface area contributed by atoms with Gasteiger partial charge in [0.1, 0.15) is 0 Å². The Kier molecular flexibility index (Phi) is 2.22. The van der Waals surface area contributed by atoms with Gasteiger partial charge in [0.15, 0.2) is 5.88 Å². The van der Waals surface area contributed by atoms with Crippen LogP contribution in [0.2, 0.25) is 0 Å². The molecule has 0 saturated carbocycles. The SMILES string of the molecule is O[B]Oc1cccc(F)n1. The Morgan fingerprint density at radius 2 is 2.40 bits per heavy atom. The highest BCUT2D eigenvalue weighted by Gasteiger charge is 1.95. The van der Waals surface area contributed by atoms with E-state index >= 15 is 0 Å². The van der Waals surface area contributed by atoms with Crippen LogP contribution in [-0.2, 0) is 0 Å². The lowest BCUT2D eigenvalue weighted by molar-refractivity contribution is 0.434. The second kappa shape index (κ2) is 3.17. The number of pyridine rings is 1. The first-order chi connectivity index (χ1) is 4.83. The quantitative estimate of drug-likeness (QED) is 0.468. The number of nitrogens with zero attached hydrogens (tertiary/aromatic N) is 1. The summed E-state index contributed by atoms with van der Waals surface area (Å²) in [5.41, 5.74) is 0. The molecule has 1 radical (unpaired) electrons. The maximum absolute atomic E-state index is 12.2. The minimum Gasteiger partial charge on any atom is -0.523 e. The van der Waals surface area contributed by atoms with Gasteiger partial charge in [-0.2, -0.15) is 9.37 Å². The van der Waals surface area contributed by atoms with E-state index < -0.39 is 5.95 Å². The van der Waals surface area contributed by atoms with E-state index in [1.807, 2.05) is 0 Å². The summed E-state index contributed by atoms with van der Waals surface area (Å²) < 4.78 is 16.6. The average Bonchev–Trinajstić information content (AvgIpc) is 1.88. The molecular weight excluding hydrogens is 136 g/mol. The molecule has 0 saturated heterocycles. The molecule has 0 bridgehead atoms. The lowest BCUT2D eigenvalue weighted by Gasteiger charge is -1.97. The van der Waals surface area contributed by atoms with Gasteiger partial charge in [0.05, 0.1) is 0 Å². The van der Waals surface area contributed by atoms with Gasteiger partial charge >= 0.3 is 7.69 Å². The molecule has 0 aliphatic rings. The molecule has 0 aliphatic heterocycles. The van der Waals surface area contributed by atoms with E-state index in [2.05, 4.69) is 9.64 Å². The zero-order valence-electron chi connectivity index (χ0n) is 4.99. The summed E-state index contributed by atoms with van der Waals surface area (Å²) in [6.45, 7) is 0. The lowest BCUT2D eigenvalue weighted by Crippen LogP contribution is -2.01. The van der Waals surface area contributed by atoms with E-state index in [4.69, 9.17) is 5.02 Å². The smallest absolute Gasteiger partial charge is 0.523 e. The first-order valence-electron chi connectivity index (χ1n) is 2.58. The highest BCUT2D eigenvalue weighted by molar-refractivity contribution is 6.17. The fourth-order valence-electron chi connectivity index (χ4n) is 0.509. The maximum atomic E-state index is 12.2. The molecule has 1 aromatic heterocycles. The van der Waals surface area contributed by atoms with Crippen LogP contribution in [0.25, 0.3) is 0 Å². The maximum Gasteiger partial charge on any atom is 0.570 e. The van der Waals surface area contributed by atoms with Crippen molar-refractivity contribution in [1.82, 2.24) is 4.98 Å². The molecule has 0 atom stereocenters. The number of rotatable bonds is 2. The van der Waals surface area contributed by atoms with Gasteiger partial charge in [-0.25, -0.2) is 0 Å². The summed E-state index contributed by atoms with van der Waals surface area (Å²) in [5, 5.41) is 8.10. The van der Waals surface area contributed by atoms with Crippen LogP contribution in [0, 0.1) is 5.95 Å². The molecular formula is C5H4BFNO2. The van der Waals surface area contributed by atoms with Gasteiger partial charge in [-0.05, 0) is 12.1 Å². The molecule has 1 rings (SSSR count). The van der Waals surface area contributed by atoms with Gasteiger partial charge in [0, 0.05) is 0 Å².